The van der Waals surface area contributed by atoms with Gasteiger partial charge < -0.3 is 24.8 Å². The van der Waals surface area contributed by atoms with Crippen molar-refractivity contribution in [1.29, 1.82) is 0 Å². The lowest BCUT2D eigenvalue weighted by molar-refractivity contribution is -0.125. The molecule has 122 valence electrons. The summed E-state index contributed by atoms with van der Waals surface area (Å²) in [4.78, 5) is 12.2. The first-order valence-electron chi connectivity index (χ1n) is 7.47. The Balaban J connectivity index is 2.09. The van der Waals surface area contributed by atoms with Gasteiger partial charge in [-0.05, 0) is 25.9 Å². The molecule has 2 N–H and O–H groups in total. The molecule has 0 radical (unpaired) electrons. The van der Waals surface area contributed by atoms with Crippen molar-refractivity contribution in [1.82, 2.24) is 10.6 Å². The number of nitrogens with one attached hydrogen (secondary N) is 2. The van der Waals surface area contributed by atoms with E-state index < -0.39 is 0 Å². The van der Waals surface area contributed by atoms with E-state index in [9.17, 15) is 4.79 Å². The number of hydrogen-bond donors (Lipinski definition) is 2. The number of amides is 1. The average molecular weight is 308 g/mol. The molecule has 1 amide bonds. The smallest absolute Gasteiger partial charge is 0.223 e. The van der Waals surface area contributed by atoms with E-state index in [1.54, 1.807) is 33.5 Å². The molecule has 0 bridgehead atoms. The highest BCUT2D eigenvalue weighted by Gasteiger charge is 2.21. The summed E-state index contributed by atoms with van der Waals surface area (Å²) in [5.74, 6) is 2.10. The van der Waals surface area contributed by atoms with E-state index in [0.29, 0.717) is 23.8 Å². The summed E-state index contributed by atoms with van der Waals surface area (Å²) < 4.78 is 16.0. The van der Waals surface area contributed by atoms with Gasteiger partial charge in [-0.2, -0.15) is 0 Å². The minimum absolute atomic E-state index is 0.0801. The van der Waals surface area contributed by atoms with Crippen LogP contribution in [0.25, 0.3) is 0 Å². The first-order chi connectivity index (χ1) is 10.7. The minimum Gasteiger partial charge on any atom is -0.496 e. The van der Waals surface area contributed by atoms with Crippen LogP contribution in [0.5, 0.6) is 17.2 Å². The van der Waals surface area contributed by atoms with E-state index in [2.05, 4.69) is 10.6 Å². The highest BCUT2D eigenvalue weighted by Crippen LogP contribution is 2.33. The van der Waals surface area contributed by atoms with Crippen LogP contribution in [-0.2, 0) is 11.3 Å². The van der Waals surface area contributed by atoms with Gasteiger partial charge in [-0.1, -0.05) is 0 Å². The van der Waals surface area contributed by atoms with Gasteiger partial charge in [0.15, 0.2) is 0 Å². The summed E-state index contributed by atoms with van der Waals surface area (Å²) in [6.07, 6.45) is 1.76. The number of ether oxygens (including phenoxy) is 3. The molecule has 6 heteroatoms. The largest absolute Gasteiger partial charge is 0.496 e. The maximum absolute atomic E-state index is 12.2. The molecule has 1 aromatic rings. The van der Waals surface area contributed by atoms with Crippen molar-refractivity contribution in [2.75, 3.05) is 34.4 Å². The quantitative estimate of drug-likeness (QED) is 0.830. The zero-order valence-corrected chi connectivity index (χ0v) is 13.4. The van der Waals surface area contributed by atoms with Crippen LogP contribution >= 0.6 is 0 Å². The van der Waals surface area contributed by atoms with Crippen molar-refractivity contribution in [3.8, 4) is 17.2 Å². The normalized spacial score (nSPS) is 15.2. The molecule has 1 aliphatic heterocycles. The van der Waals surface area contributed by atoms with Crippen molar-refractivity contribution in [3.05, 3.63) is 17.7 Å². The summed E-state index contributed by atoms with van der Waals surface area (Å²) in [6.45, 7) is 2.17. The number of benzene rings is 1. The third-order valence-corrected chi connectivity index (χ3v) is 3.97. The van der Waals surface area contributed by atoms with E-state index in [-0.39, 0.29) is 11.8 Å². The van der Waals surface area contributed by atoms with Crippen LogP contribution < -0.4 is 24.8 Å². The molecule has 0 saturated carbocycles. The SMILES string of the molecule is COc1cc(OC)c(CNC(=O)C2CCNCC2)c(OC)c1. The molecule has 1 fully saturated rings. The number of hydrogen-bond acceptors (Lipinski definition) is 5. The van der Waals surface area contributed by atoms with Gasteiger partial charge in [0.05, 0.1) is 33.4 Å². The molecule has 1 aromatic carbocycles. The van der Waals surface area contributed by atoms with Crippen molar-refractivity contribution in [3.63, 3.8) is 0 Å². The van der Waals surface area contributed by atoms with E-state index >= 15 is 0 Å². The zero-order valence-electron chi connectivity index (χ0n) is 13.4. The molecular weight excluding hydrogens is 284 g/mol. The van der Waals surface area contributed by atoms with E-state index in [1.165, 1.54) is 0 Å². The van der Waals surface area contributed by atoms with Crippen LogP contribution in [0, 0.1) is 5.92 Å². The highest BCUT2D eigenvalue weighted by atomic mass is 16.5. The van der Waals surface area contributed by atoms with E-state index in [0.717, 1.165) is 31.5 Å². The molecule has 2 rings (SSSR count). The summed E-state index contributed by atoms with van der Waals surface area (Å²) >= 11 is 0. The Bertz CT molecular complexity index is 488. The Morgan fingerprint density at radius 2 is 1.73 bits per heavy atom. The van der Waals surface area contributed by atoms with Gasteiger partial charge >= 0.3 is 0 Å². The Kier molecular flexibility index (Phi) is 5.89. The molecule has 22 heavy (non-hydrogen) atoms. The molecule has 0 aromatic heterocycles. The van der Waals surface area contributed by atoms with Crippen molar-refractivity contribution in [2.24, 2.45) is 5.92 Å². The van der Waals surface area contributed by atoms with E-state index in [1.807, 2.05) is 0 Å². The lowest BCUT2D eigenvalue weighted by atomic mass is 9.97. The van der Waals surface area contributed by atoms with Gasteiger partial charge in [-0.3, -0.25) is 4.79 Å². The van der Waals surface area contributed by atoms with Crippen LogP contribution in [0.1, 0.15) is 18.4 Å². The van der Waals surface area contributed by atoms with Crippen molar-refractivity contribution in [2.45, 2.75) is 19.4 Å². The Labute approximate surface area is 131 Å². The standard InChI is InChI=1S/C16H24N2O4/c1-20-12-8-14(21-2)13(15(9-12)22-3)10-18-16(19)11-4-6-17-7-5-11/h8-9,11,17H,4-7,10H2,1-3H3,(H,18,19). The first-order valence-corrected chi connectivity index (χ1v) is 7.47. The number of carbonyl (C=O) groups is 1. The van der Waals surface area contributed by atoms with Crippen LogP contribution in [0.3, 0.4) is 0 Å². The average Bonchev–Trinajstić information content (AvgIpc) is 2.59. The van der Waals surface area contributed by atoms with Gasteiger partial charge in [0.2, 0.25) is 5.91 Å². The fourth-order valence-corrected chi connectivity index (χ4v) is 2.66. The molecule has 0 unspecified atom stereocenters. The second-order valence-corrected chi connectivity index (χ2v) is 5.25. The lowest BCUT2D eigenvalue weighted by Crippen LogP contribution is -2.37. The van der Waals surface area contributed by atoms with Crippen molar-refractivity contribution >= 4 is 5.91 Å². The molecule has 0 atom stereocenters. The fourth-order valence-electron chi connectivity index (χ4n) is 2.66. The highest BCUT2D eigenvalue weighted by molar-refractivity contribution is 5.79. The second-order valence-electron chi connectivity index (χ2n) is 5.25. The third kappa shape index (κ3) is 3.82. The minimum atomic E-state index is 0.0801. The van der Waals surface area contributed by atoms with Gasteiger partial charge in [-0.15, -0.1) is 0 Å². The zero-order chi connectivity index (χ0) is 15.9. The molecule has 6 nitrogen and oxygen atoms in total. The topological polar surface area (TPSA) is 68.8 Å². The van der Waals surface area contributed by atoms with Crippen LogP contribution in [0.2, 0.25) is 0 Å². The molecule has 0 spiro atoms. The van der Waals surface area contributed by atoms with Gasteiger partial charge in [-0.25, -0.2) is 0 Å². The van der Waals surface area contributed by atoms with Gasteiger partial charge in [0, 0.05) is 18.1 Å². The molecular formula is C16H24N2O4. The predicted molar refractivity (Wildman–Crippen MR) is 83.5 cm³/mol. The summed E-state index contributed by atoms with van der Waals surface area (Å²) in [5.41, 5.74) is 0.813. The number of rotatable bonds is 6. The Hall–Kier alpha value is -1.95. The van der Waals surface area contributed by atoms with Crippen LogP contribution in [-0.4, -0.2) is 40.3 Å². The summed E-state index contributed by atoms with van der Waals surface area (Å²) in [7, 11) is 4.77. The molecule has 1 aliphatic rings. The van der Waals surface area contributed by atoms with Crippen LogP contribution in [0.4, 0.5) is 0 Å². The number of methoxy groups -OCH3 is 3. The van der Waals surface area contributed by atoms with Crippen LogP contribution in [0.15, 0.2) is 12.1 Å². The van der Waals surface area contributed by atoms with Gasteiger partial charge in [0.25, 0.3) is 0 Å². The Morgan fingerprint density at radius 1 is 1.14 bits per heavy atom. The summed E-state index contributed by atoms with van der Waals surface area (Å²) in [5, 5.41) is 6.25. The fraction of sp³-hybridized carbons (Fsp3) is 0.562. The maximum Gasteiger partial charge on any atom is 0.223 e. The molecule has 1 heterocycles. The van der Waals surface area contributed by atoms with Crippen molar-refractivity contribution < 1.29 is 19.0 Å². The molecule has 1 saturated heterocycles. The first kappa shape index (κ1) is 16.4. The van der Waals surface area contributed by atoms with E-state index in [4.69, 9.17) is 14.2 Å². The second kappa shape index (κ2) is 7.89. The number of carbonyl (C=O) groups excluding carboxylic acids is 1. The Morgan fingerprint density at radius 3 is 2.23 bits per heavy atom. The summed E-state index contributed by atoms with van der Waals surface area (Å²) in [6, 6.07) is 3.57. The van der Waals surface area contributed by atoms with Gasteiger partial charge in [0.1, 0.15) is 17.2 Å². The monoisotopic (exact) mass is 308 g/mol. The third-order valence-electron chi connectivity index (χ3n) is 3.97. The lowest BCUT2D eigenvalue weighted by Gasteiger charge is -2.22. The number of piperidine rings is 1. The predicted octanol–water partition coefficient (Wildman–Crippen LogP) is 1.33. The maximum atomic E-state index is 12.2. The molecule has 0 aliphatic carbocycles.